The molecule has 0 bridgehead atoms. The van der Waals surface area contributed by atoms with Crippen LogP contribution in [0.4, 0.5) is 0 Å². The molecule has 0 radical (unpaired) electrons. The number of nitrogens with two attached hydrogens (primary N) is 1. The van der Waals surface area contributed by atoms with E-state index >= 15 is 0 Å². The van der Waals surface area contributed by atoms with Crippen molar-refractivity contribution in [2.24, 2.45) is 5.14 Å². The predicted molar refractivity (Wildman–Crippen MR) is 88.9 cm³/mol. The van der Waals surface area contributed by atoms with Gasteiger partial charge in [-0.2, -0.15) is 0 Å². The van der Waals surface area contributed by atoms with Gasteiger partial charge in [0.25, 0.3) is 0 Å². The van der Waals surface area contributed by atoms with Gasteiger partial charge in [0.1, 0.15) is 4.90 Å². The van der Waals surface area contributed by atoms with Gasteiger partial charge < -0.3 is 15.0 Å². The molecule has 2 aromatic rings. The van der Waals surface area contributed by atoms with E-state index in [1.165, 1.54) is 22.4 Å². The molecule has 2 heterocycles. The number of benzene rings is 1. The molecule has 0 amide bonds. The topological polar surface area (TPSA) is 114 Å². The van der Waals surface area contributed by atoms with Crippen molar-refractivity contribution in [1.29, 1.82) is 0 Å². The number of carboxylic acid groups (broad SMARTS) is 1. The van der Waals surface area contributed by atoms with Crippen molar-refractivity contribution in [3.8, 4) is 5.69 Å². The number of hydrogen-bond donors (Lipinski definition) is 3. The van der Waals surface area contributed by atoms with Gasteiger partial charge >= 0.3 is 5.97 Å². The van der Waals surface area contributed by atoms with Gasteiger partial charge in [-0.1, -0.05) is 12.1 Å². The van der Waals surface area contributed by atoms with Crippen molar-refractivity contribution in [1.82, 2.24) is 9.88 Å². The number of nitrogens with zero attached hydrogens (tertiary/aromatic N) is 1. The number of rotatable bonds is 4. The van der Waals surface area contributed by atoms with Crippen LogP contribution in [0.25, 0.3) is 5.69 Å². The van der Waals surface area contributed by atoms with Crippen LogP contribution < -0.4 is 10.5 Å². The summed E-state index contributed by atoms with van der Waals surface area (Å²) >= 11 is 0. The summed E-state index contributed by atoms with van der Waals surface area (Å²) in [6.45, 7) is 1.98. The van der Waals surface area contributed by atoms with Crippen molar-refractivity contribution >= 4 is 16.0 Å². The first-order valence-electron chi connectivity index (χ1n) is 7.66. The zero-order valence-corrected chi connectivity index (χ0v) is 13.8. The maximum absolute atomic E-state index is 11.6. The summed E-state index contributed by atoms with van der Waals surface area (Å²) in [5.41, 5.74) is 1.43. The molecule has 0 spiro atoms. The first kappa shape index (κ1) is 16.7. The summed E-state index contributed by atoms with van der Waals surface area (Å²) in [5.74, 6) is -0.852. The summed E-state index contributed by atoms with van der Waals surface area (Å²) in [4.78, 5) is 11.1. The third-order valence-electron chi connectivity index (χ3n) is 4.34. The van der Waals surface area contributed by atoms with Gasteiger partial charge in [0.05, 0.1) is 0 Å². The van der Waals surface area contributed by atoms with Crippen LogP contribution >= 0.6 is 0 Å². The van der Waals surface area contributed by atoms with Gasteiger partial charge in [-0.05, 0) is 55.6 Å². The Hall–Kier alpha value is -2.16. The van der Waals surface area contributed by atoms with E-state index < -0.39 is 20.9 Å². The number of hydrogen-bond acceptors (Lipinski definition) is 4. The third kappa shape index (κ3) is 3.21. The Labute approximate surface area is 140 Å². The van der Waals surface area contributed by atoms with Gasteiger partial charge in [0, 0.05) is 11.9 Å². The zero-order chi connectivity index (χ0) is 17.3. The van der Waals surface area contributed by atoms with Crippen molar-refractivity contribution in [3.05, 3.63) is 47.8 Å². The first-order valence-corrected chi connectivity index (χ1v) is 9.21. The van der Waals surface area contributed by atoms with Crippen molar-refractivity contribution in [2.45, 2.75) is 23.7 Å². The minimum atomic E-state index is -4.10. The lowest BCUT2D eigenvalue weighted by Crippen LogP contribution is -2.26. The molecular weight excluding hydrogens is 330 g/mol. The van der Waals surface area contributed by atoms with Crippen LogP contribution in [0.2, 0.25) is 0 Å². The van der Waals surface area contributed by atoms with Crippen LogP contribution in [0.5, 0.6) is 0 Å². The maximum Gasteiger partial charge on any atom is 0.354 e. The number of carboxylic acids is 1. The highest BCUT2D eigenvalue weighted by atomic mass is 32.2. The second-order valence-corrected chi connectivity index (χ2v) is 7.39. The average molecular weight is 349 g/mol. The Morgan fingerprint density at radius 2 is 1.79 bits per heavy atom. The van der Waals surface area contributed by atoms with E-state index in [9.17, 15) is 18.3 Å². The standard InChI is InChI=1S/C16H19N3O4S/c17-24(22,23)14-7-10-19(15(14)16(20)21)13-3-1-11(2-4-13)12-5-8-18-9-6-12/h1-4,7,10,12,18H,5-6,8-9H2,(H,20,21)(H2,17,22,23). The lowest BCUT2D eigenvalue weighted by molar-refractivity contribution is 0.0684. The summed E-state index contributed by atoms with van der Waals surface area (Å²) in [6, 6.07) is 8.74. The molecule has 8 heteroatoms. The summed E-state index contributed by atoms with van der Waals surface area (Å²) in [7, 11) is -4.10. The Bertz CT molecular complexity index is 850. The molecule has 7 nitrogen and oxygen atoms in total. The fourth-order valence-electron chi connectivity index (χ4n) is 3.13. The fraction of sp³-hybridized carbons (Fsp3) is 0.312. The van der Waals surface area contributed by atoms with Crippen molar-refractivity contribution in [3.63, 3.8) is 0 Å². The molecule has 1 aliphatic heterocycles. The van der Waals surface area contributed by atoms with Crippen LogP contribution in [0.1, 0.15) is 34.8 Å². The minimum absolute atomic E-state index is 0.355. The van der Waals surface area contributed by atoms with Gasteiger partial charge in [-0.15, -0.1) is 0 Å². The molecule has 0 unspecified atom stereocenters. The Morgan fingerprint density at radius 3 is 2.33 bits per heavy atom. The number of carbonyl (C=O) groups is 1. The quantitative estimate of drug-likeness (QED) is 0.769. The second-order valence-electron chi connectivity index (χ2n) is 5.86. The molecule has 1 fully saturated rings. The van der Waals surface area contributed by atoms with Crippen LogP contribution in [0.3, 0.4) is 0 Å². The molecular formula is C16H19N3O4S. The highest BCUT2D eigenvalue weighted by molar-refractivity contribution is 7.89. The molecule has 0 atom stereocenters. The number of primary sulfonamides is 1. The van der Waals surface area contributed by atoms with E-state index in [1.54, 1.807) is 12.1 Å². The summed E-state index contributed by atoms with van der Waals surface area (Å²) < 4.78 is 24.4. The first-order chi connectivity index (χ1) is 11.4. The largest absolute Gasteiger partial charge is 0.477 e. The predicted octanol–water partition coefficient (Wildman–Crippen LogP) is 1.29. The van der Waals surface area contributed by atoms with Crippen LogP contribution in [0.15, 0.2) is 41.4 Å². The van der Waals surface area contributed by atoms with Crippen LogP contribution in [-0.2, 0) is 10.0 Å². The smallest absolute Gasteiger partial charge is 0.354 e. The Morgan fingerprint density at radius 1 is 1.17 bits per heavy atom. The number of aromatic nitrogens is 1. The molecule has 1 aromatic heterocycles. The summed E-state index contributed by atoms with van der Waals surface area (Å²) in [6.07, 6.45) is 3.54. The number of sulfonamides is 1. The van der Waals surface area contributed by atoms with E-state index in [4.69, 9.17) is 5.14 Å². The SMILES string of the molecule is NS(=O)(=O)c1ccn(-c2ccc(C3CCNCC3)cc2)c1C(=O)O. The maximum atomic E-state index is 11.6. The molecule has 1 saturated heterocycles. The third-order valence-corrected chi connectivity index (χ3v) is 5.28. The molecule has 24 heavy (non-hydrogen) atoms. The highest BCUT2D eigenvalue weighted by Gasteiger charge is 2.24. The molecule has 1 aromatic carbocycles. The molecule has 3 rings (SSSR count). The lowest BCUT2D eigenvalue weighted by atomic mass is 9.90. The van der Waals surface area contributed by atoms with Crippen LogP contribution in [-0.4, -0.2) is 37.2 Å². The van der Waals surface area contributed by atoms with Crippen molar-refractivity contribution < 1.29 is 18.3 Å². The number of piperidine rings is 1. The average Bonchev–Trinajstić information content (AvgIpc) is 3.01. The molecule has 128 valence electrons. The Kier molecular flexibility index (Phi) is 4.44. The van der Waals surface area contributed by atoms with E-state index in [1.807, 2.05) is 12.1 Å². The molecule has 1 aliphatic rings. The normalized spacial score (nSPS) is 16.2. The van der Waals surface area contributed by atoms with E-state index in [0.29, 0.717) is 11.6 Å². The van der Waals surface area contributed by atoms with E-state index in [-0.39, 0.29) is 5.69 Å². The second kappa shape index (κ2) is 6.39. The fourth-order valence-corrected chi connectivity index (χ4v) is 3.84. The van der Waals surface area contributed by atoms with Gasteiger partial charge in [-0.25, -0.2) is 18.4 Å². The van der Waals surface area contributed by atoms with Crippen LogP contribution in [0, 0.1) is 0 Å². The van der Waals surface area contributed by atoms with Gasteiger partial charge in [0.2, 0.25) is 10.0 Å². The lowest BCUT2D eigenvalue weighted by Gasteiger charge is -2.23. The van der Waals surface area contributed by atoms with Gasteiger partial charge in [-0.3, -0.25) is 0 Å². The molecule has 0 saturated carbocycles. The van der Waals surface area contributed by atoms with E-state index in [0.717, 1.165) is 25.9 Å². The molecule has 4 N–H and O–H groups in total. The summed E-state index contributed by atoms with van der Waals surface area (Å²) in [5, 5.41) is 17.8. The van der Waals surface area contributed by atoms with Gasteiger partial charge in [0.15, 0.2) is 5.69 Å². The number of nitrogens with one attached hydrogen (secondary N) is 1. The minimum Gasteiger partial charge on any atom is -0.477 e. The zero-order valence-electron chi connectivity index (χ0n) is 13.0. The molecule has 0 aliphatic carbocycles. The van der Waals surface area contributed by atoms with Crippen molar-refractivity contribution in [2.75, 3.05) is 13.1 Å². The number of aromatic carboxylic acids is 1. The Balaban J connectivity index is 1.97. The monoisotopic (exact) mass is 349 g/mol. The highest BCUT2D eigenvalue weighted by Crippen LogP contribution is 2.27. The van der Waals surface area contributed by atoms with E-state index in [2.05, 4.69) is 5.32 Å².